The third-order valence-corrected chi connectivity index (χ3v) is 6.28. The first-order valence-corrected chi connectivity index (χ1v) is 10.8. The molecule has 2 aromatic rings. The molecule has 1 saturated heterocycles. The van der Waals surface area contributed by atoms with Crippen LogP contribution in [-0.2, 0) is 4.74 Å². The van der Waals surface area contributed by atoms with E-state index in [-0.39, 0.29) is 36.2 Å². The number of morpholine rings is 1. The van der Waals surface area contributed by atoms with Crippen molar-refractivity contribution < 1.29 is 32.6 Å². The largest absolute Gasteiger partial charge is 0.416 e. The van der Waals surface area contributed by atoms with Crippen molar-refractivity contribution in [1.82, 2.24) is 10.2 Å². The van der Waals surface area contributed by atoms with E-state index in [4.69, 9.17) is 10.5 Å². The molecule has 1 aromatic carbocycles. The number of carbonyl (C=O) groups is 2. The molecule has 2 amide bonds. The van der Waals surface area contributed by atoms with Crippen LogP contribution in [0.3, 0.4) is 0 Å². The normalized spacial score (nSPS) is 18.8. The number of hydrogen-bond donors (Lipinski definition) is 3. The maximum Gasteiger partial charge on any atom is 0.416 e. The second kappa shape index (κ2) is 9.99. The molecule has 11 heteroatoms. The Labute approximate surface area is 187 Å². The average Bonchev–Trinajstić information content (AvgIpc) is 3.21. The molecule has 3 atom stereocenters. The van der Waals surface area contributed by atoms with Crippen molar-refractivity contribution in [2.24, 2.45) is 5.73 Å². The van der Waals surface area contributed by atoms with Gasteiger partial charge in [0.15, 0.2) is 6.10 Å². The maximum absolute atomic E-state index is 12.9. The lowest BCUT2D eigenvalue weighted by molar-refractivity contribution is -0.210. The summed E-state index contributed by atoms with van der Waals surface area (Å²) >= 11 is 1.36. The molecule has 174 valence electrons. The SMILES string of the molecule is Cc1ccsc1C(=O)N1CCOC[C@H]1CNC(=O)c1ccc([C@H](N)C(O)C(F)(F)F)cc1. The molecular formula is C21H24F3N3O4S. The zero-order valence-corrected chi connectivity index (χ0v) is 18.1. The van der Waals surface area contributed by atoms with Crippen molar-refractivity contribution in [2.75, 3.05) is 26.3 Å². The first-order chi connectivity index (χ1) is 15.1. The molecule has 0 radical (unpaired) electrons. The second-order valence-electron chi connectivity index (χ2n) is 7.50. The molecule has 1 aliphatic rings. The van der Waals surface area contributed by atoms with Gasteiger partial charge in [-0.1, -0.05) is 12.1 Å². The van der Waals surface area contributed by atoms with Crippen molar-refractivity contribution in [2.45, 2.75) is 31.3 Å². The topological polar surface area (TPSA) is 105 Å². The van der Waals surface area contributed by atoms with E-state index in [0.29, 0.717) is 18.0 Å². The number of carbonyl (C=O) groups excluding carboxylic acids is 2. The van der Waals surface area contributed by atoms with Gasteiger partial charge in [-0.3, -0.25) is 9.59 Å². The summed E-state index contributed by atoms with van der Waals surface area (Å²) in [6, 6.07) is 5.08. The molecule has 32 heavy (non-hydrogen) atoms. The second-order valence-corrected chi connectivity index (χ2v) is 8.42. The monoisotopic (exact) mass is 471 g/mol. The summed E-state index contributed by atoms with van der Waals surface area (Å²) < 4.78 is 43.4. The Kier molecular flexibility index (Phi) is 7.55. The molecule has 1 aliphatic heterocycles. The molecule has 3 rings (SSSR count). The fraction of sp³-hybridized carbons (Fsp3) is 0.429. The van der Waals surface area contributed by atoms with Gasteiger partial charge in [0.25, 0.3) is 11.8 Å². The number of nitrogens with two attached hydrogens (primary N) is 1. The van der Waals surface area contributed by atoms with Crippen molar-refractivity contribution in [3.05, 3.63) is 57.3 Å². The Balaban J connectivity index is 1.61. The molecule has 1 aromatic heterocycles. The highest BCUT2D eigenvalue weighted by Gasteiger charge is 2.42. The van der Waals surface area contributed by atoms with Crippen molar-refractivity contribution in [3.63, 3.8) is 0 Å². The van der Waals surface area contributed by atoms with Gasteiger partial charge in [0.1, 0.15) is 0 Å². The third kappa shape index (κ3) is 5.47. The molecule has 0 bridgehead atoms. The number of aliphatic hydroxyl groups is 1. The number of halogens is 3. The van der Waals surface area contributed by atoms with Crippen molar-refractivity contribution >= 4 is 23.2 Å². The maximum atomic E-state index is 12.9. The van der Waals surface area contributed by atoms with Crippen molar-refractivity contribution in [1.29, 1.82) is 0 Å². The van der Waals surface area contributed by atoms with Crippen LogP contribution < -0.4 is 11.1 Å². The fourth-order valence-electron chi connectivity index (χ4n) is 3.37. The quantitative estimate of drug-likeness (QED) is 0.600. The number of nitrogens with zero attached hydrogens (tertiary/aromatic N) is 1. The van der Waals surface area contributed by atoms with Crippen LogP contribution in [0.5, 0.6) is 0 Å². The van der Waals surface area contributed by atoms with Crippen LogP contribution in [0.25, 0.3) is 0 Å². The summed E-state index contributed by atoms with van der Waals surface area (Å²) in [5.41, 5.74) is 6.64. The molecule has 1 fully saturated rings. The van der Waals surface area contributed by atoms with E-state index in [2.05, 4.69) is 5.32 Å². The number of benzene rings is 1. The van der Waals surface area contributed by atoms with E-state index in [9.17, 15) is 27.9 Å². The van der Waals surface area contributed by atoms with E-state index in [1.165, 1.54) is 35.6 Å². The van der Waals surface area contributed by atoms with Crippen LogP contribution in [-0.4, -0.2) is 66.4 Å². The van der Waals surface area contributed by atoms with Crippen LogP contribution in [0, 0.1) is 6.92 Å². The summed E-state index contributed by atoms with van der Waals surface area (Å²) in [6.07, 6.45) is -7.55. The lowest BCUT2D eigenvalue weighted by Gasteiger charge is -2.35. The molecule has 1 unspecified atom stereocenters. The van der Waals surface area contributed by atoms with Gasteiger partial charge in [-0.25, -0.2) is 0 Å². The molecule has 0 spiro atoms. The Morgan fingerprint density at radius 1 is 1.31 bits per heavy atom. The number of hydrogen-bond acceptors (Lipinski definition) is 6. The minimum atomic E-state index is -4.84. The van der Waals surface area contributed by atoms with Gasteiger partial charge >= 0.3 is 6.18 Å². The predicted octanol–water partition coefficient (Wildman–Crippen LogP) is 2.25. The number of thiophene rings is 1. The van der Waals surface area contributed by atoms with Gasteiger partial charge in [0.05, 0.1) is 30.2 Å². The first kappa shape index (κ1) is 24.2. The van der Waals surface area contributed by atoms with Crippen LogP contribution in [0.4, 0.5) is 13.2 Å². The smallest absolute Gasteiger partial charge is 0.382 e. The number of ether oxygens (including phenoxy) is 1. The summed E-state index contributed by atoms with van der Waals surface area (Å²) in [4.78, 5) is 27.7. The first-order valence-electron chi connectivity index (χ1n) is 9.91. The highest BCUT2D eigenvalue weighted by atomic mass is 32.1. The third-order valence-electron chi connectivity index (χ3n) is 5.28. The summed E-state index contributed by atoms with van der Waals surface area (Å²) in [6.45, 7) is 3.11. The number of rotatable bonds is 6. The van der Waals surface area contributed by atoms with E-state index >= 15 is 0 Å². The van der Waals surface area contributed by atoms with Crippen molar-refractivity contribution in [3.8, 4) is 0 Å². The lowest BCUT2D eigenvalue weighted by atomic mass is 10.0. The average molecular weight is 472 g/mol. The molecule has 0 saturated carbocycles. The van der Waals surface area contributed by atoms with E-state index in [1.807, 2.05) is 18.4 Å². The standard InChI is InChI=1S/C21H24F3N3O4S/c1-12-6-9-32-17(12)20(30)27-7-8-31-11-15(27)10-26-19(29)14-4-2-13(3-5-14)16(25)18(28)21(22,23)24/h2-6,9,15-16,18,28H,7-8,10-11,25H2,1H3,(H,26,29)/t15-,16+,18?/m1/s1. The van der Waals surface area contributed by atoms with Crippen LogP contribution in [0.1, 0.15) is 37.2 Å². The van der Waals surface area contributed by atoms with Crippen LogP contribution in [0.15, 0.2) is 35.7 Å². The molecule has 7 nitrogen and oxygen atoms in total. The number of amides is 2. The zero-order valence-electron chi connectivity index (χ0n) is 17.3. The van der Waals surface area contributed by atoms with Crippen LogP contribution in [0.2, 0.25) is 0 Å². The van der Waals surface area contributed by atoms with E-state index in [0.717, 1.165) is 5.56 Å². The summed E-state index contributed by atoms with van der Waals surface area (Å²) in [5.74, 6) is -0.562. The van der Waals surface area contributed by atoms with Gasteiger partial charge in [-0.05, 0) is 41.6 Å². The van der Waals surface area contributed by atoms with Gasteiger partial charge in [-0.15, -0.1) is 11.3 Å². The number of aryl methyl sites for hydroxylation is 1. The zero-order chi connectivity index (χ0) is 23.5. The molecule has 4 N–H and O–H groups in total. The Morgan fingerprint density at radius 3 is 2.59 bits per heavy atom. The Morgan fingerprint density at radius 2 is 2.00 bits per heavy atom. The van der Waals surface area contributed by atoms with Gasteiger partial charge in [0.2, 0.25) is 0 Å². The van der Waals surface area contributed by atoms with Gasteiger partial charge < -0.3 is 25.8 Å². The summed E-state index contributed by atoms with van der Waals surface area (Å²) in [7, 11) is 0. The minimum Gasteiger partial charge on any atom is -0.382 e. The minimum absolute atomic E-state index is 0.0511. The lowest BCUT2D eigenvalue weighted by Crippen LogP contribution is -2.53. The number of alkyl halides is 3. The number of nitrogens with one attached hydrogen (secondary N) is 1. The number of aliphatic hydroxyl groups excluding tert-OH is 1. The van der Waals surface area contributed by atoms with Crippen LogP contribution >= 0.6 is 11.3 Å². The predicted molar refractivity (Wildman–Crippen MR) is 112 cm³/mol. The highest BCUT2D eigenvalue weighted by Crippen LogP contribution is 2.28. The Bertz CT molecular complexity index is 949. The van der Waals surface area contributed by atoms with E-state index < -0.39 is 24.2 Å². The summed E-state index contributed by atoms with van der Waals surface area (Å²) in [5, 5.41) is 13.9. The molecule has 0 aliphatic carbocycles. The van der Waals surface area contributed by atoms with Gasteiger partial charge in [-0.2, -0.15) is 13.2 Å². The fourth-order valence-corrected chi connectivity index (χ4v) is 4.25. The van der Waals surface area contributed by atoms with Gasteiger partial charge in [0, 0.05) is 18.7 Å². The highest BCUT2D eigenvalue weighted by molar-refractivity contribution is 7.12. The Hall–Kier alpha value is -2.47. The molecule has 2 heterocycles. The molecular weight excluding hydrogens is 447 g/mol. The van der Waals surface area contributed by atoms with E-state index in [1.54, 1.807) is 4.90 Å².